The first kappa shape index (κ1) is 8.51. The first-order chi connectivity index (χ1) is 5.25. The van der Waals surface area contributed by atoms with E-state index in [4.69, 9.17) is 0 Å². The van der Waals surface area contributed by atoms with Gasteiger partial charge in [0.25, 0.3) is 0 Å². The fraction of sp³-hybridized carbons (Fsp3) is 0.700. The Morgan fingerprint density at radius 3 is 2.91 bits per heavy atom. The lowest BCUT2D eigenvalue weighted by molar-refractivity contribution is -0.111. The normalized spacial score (nSPS) is 28.1. The molecule has 0 amide bonds. The van der Waals surface area contributed by atoms with Gasteiger partial charge < -0.3 is 4.79 Å². The zero-order chi connectivity index (χ0) is 8.27. The van der Waals surface area contributed by atoms with Crippen molar-refractivity contribution in [1.82, 2.24) is 0 Å². The quantitative estimate of drug-likeness (QED) is 0.439. The Morgan fingerprint density at radius 2 is 2.36 bits per heavy atom. The minimum absolute atomic E-state index is 0.183. The lowest BCUT2D eigenvalue weighted by Crippen LogP contribution is -2.18. The molecule has 1 fully saturated rings. The Hall–Kier alpha value is -0.590. The Labute approximate surface area is 68.5 Å². The molecule has 1 aliphatic rings. The first-order valence-electron chi connectivity index (χ1n) is 4.38. The van der Waals surface area contributed by atoms with Gasteiger partial charge in [-0.1, -0.05) is 25.5 Å². The molecule has 0 radical (unpaired) electrons. The Bertz CT molecular complexity index is 160. The van der Waals surface area contributed by atoms with E-state index in [9.17, 15) is 4.79 Å². The maximum absolute atomic E-state index is 10.5. The summed E-state index contributed by atoms with van der Waals surface area (Å²) in [4.78, 5) is 10.5. The number of aldehydes is 1. The van der Waals surface area contributed by atoms with Crippen molar-refractivity contribution in [2.75, 3.05) is 0 Å². The maximum atomic E-state index is 10.5. The number of carbonyl (C=O) groups excluding carboxylic acids is 1. The zero-order valence-corrected chi connectivity index (χ0v) is 7.18. The van der Waals surface area contributed by atoms with E-state index in [2.05, 4.69) is 6.58 Å². The topological polar surface area (TPSA) is 17.1 Å². The second-order valence-electron chi connectivity index (χ2n) is 3.51. The van der Waals surface area contributed by atoms with E-state index >= 15 is 0 Å². The molecule has 62 valence electrons. The SMILES string of the molecule is C=C1CCCC[C@H]1[C@@H](C)C=O. The van der Waals surface area contributed by atoms with Crippen LogP contribution in [-0.4, -0.2) is 6.29 Å². The predicted octanol–water partition coefficient (Wildman–Crippen LogP) is 2.57. The molecule has 0 aliphatic heterocycles. The lowest BCUT2D eigenvalue weighted by Gasteiger charge is -2.26. The monoisotopic (exact) mass is 152 g/mol. The summed E-state index contributed by atoms with van der Waals surface area (Å²) in [5.74, 6) is 0.657. The molecule has 0 aromatic heterocycles. The van der Waals surface area contributed by atoms with E-state index in [0.29, 0.717) is 5.92 Å². The van der Waals surface area contributed by atoms with Crippen LogP contribution in [0.25, 0.3) is 0 Å². The molecule has 0 aromatic carbocycles. The molecular formula is C10H16O. The highest BCUT2D eigenvalue weighted by molar-refractivity contribution is 5.54. The van der Waals surface area contributed by atoms with Crippen LogP contribution in [0, 0.1) is 11.8 Å². The van der Waals surface area contributed by atoms with Crippen LogP contribution in [0.1, 0.15) is 32.6 Å². The van der Waals surface area contributed by atoms with Gasteiger partial charge >= 0.3 is 0 Å². The first-order valence-corrected chi connectivity index (χ1v) is 4.38. The Kier molecular flexibility index (Phi) is 2.86. The molecule has 1 rings (SSSR count). The predicted molar refractivity (Wildman–Crippen MR) is 46.3 cm³/mol. The van der Waals surface area contributed by atoms with Crippen molar-refractivity contribution in [3.8, 4) is 0 Å². The third-order valence-electron chi connectivity index (χ3n) is 2.64. The summed E-state index contributed by atoms with van der Waals surface area (Å²) in [6, 6.07) is 0. The van der Waals surface area contributed by atoms with Crippen molar-refractivity contribution in [3.05, 3.63) is 12.2 Å². The molecule has 0 bridgehead atoms. The standard InChI is InChI=1S/C10H16O/c1-8-5-3-4-6-10(8)9(2)7-11/h7,9-10H,1,3-6H2,2H3/t9-,10+/m0/s1. The minimum Gasteiger partial charge on any atom is -0.303 e. The van der Waals surface area contributed by atoms with E-state index < -0.39 is 0 Å². The van der Waals surface area contributed by atoms with Gasteiger partial charge in [-0.2, -0.15) is 0 Å². The Balaban J connectivity index is 2.53. The van der Waals surface area contributed by atoms with Crippen molar-refractivity contribution in [2.24, 2.45) is 11.8 Å². The molecule has 1 aliphatic carbocycles. The van der Waals surface area contributed by atoms with Crippen LogP contribution in [0.4, 0.5) is 0 Å². The number of hydrogen-bond donors (Lipinski definition) is 0. The molecule has 0 heterocycles. The van der Waals surface area contributed by atoms with E-state index in [1.807, 2.05) is 6.92 Å². The summed E-state index contributed by atoms with van der Waals surface area (Å²) >= 11 is 0. The van der Waals surface area contributed by atoms with Gasteiger partial charge in [0.2, 0.25) is 0 Å². The van der Waals surface area contributed by atoms with Gasteiger partial charge in [0.1, 0.15) is 6.29 Å². The van der Waals surface area contributed by atoms with Crippen molar-refractivity contribution in [1.29, 1.82) is 0 Å². The molecule has 1 heteroatoms. The van der Waals surface area contributed by atoms with Crippen LogP contribution in [0.3, 0.4) is 0 Å². The summed E-state index contributed by atoms with van der Waals surface area (Å²) in [6.07, 6.45) is 5.88. The summed E-state index contributed by atoms with van der Waals surface area (Å²) in [6.45, 7) is 6.00. The van der Waals surface area contributed by atoms with Crippen LogP contribution < -0.4 is 0 Å². The summed E-state index contributed by atoms with van der Waals surface area (Å²) in [7, 11) is 0. The van der Waals surface area contributed by atoms with Crippen LogP contribution in [-0.2, 0) is 4.79 Å². The van der Waals surface area contributed by atoms with E-state index in [1.165, 1.54) is 24.8 Å². The molecule has 1 saturated carbocycles. The average Bonchev–Trinajstić information content (AvgIpc) is 2.04. The fourth-order valence-electron chi connectivity index (χ4n) is 1.84. The number of carbonyl (C=O) groups is 1. The number of rotatable bonds is 2. The summed E-state index contributed by atoms with van der Waals surface area (Å²) in [5, 5.41) is 0. The maximum Gasteiger partial charge on any atom is 0.123 e. The third-order valence-corrected chi connectivity index (χ3v) is 2.64. The minimum atomic E-state index is 0.183. The van der Waals surface area contributed by atoms with Gasteiger partial charge in [-0.05, 0) is 25.2 Å². The van der Waals surface area contributed by atoms with E-state index in [-0.39, 0.29) is 5.92 Å². The van der Waals surface area contributed by atoms with Gasteiger partial charge in [-0.3, -0.25) is 0 Å². The zero-order valence-electron chi connectivity index (χ0n) is 7.18. The summed E-state index contributed by atoms with van der Waals surface area (Å²) < 4.78 is 0. The molecule has 0 saturated heterocycles. The van der Waals surface area contributed by atoms with Crippen molar-refractivity contribution < 1.29 is 4.79 Å². The smallest absolute Gasteiger partial charge is 0.123 e. The highest BCUT2D eigenvalue weighted by Gasteiger charge is 2.22. The molecule has 0 unspecified atom stereocenters. The van der Waals surface area contributed by atoms with Crippen LogP contribution >= 0.6 is 0 Å². The highest BCUT2D eigenvalue weighted by atomic mass is 16.1. The molecule has 0 aromatic rings. The molecule has 1 nitrogen and oxygen atoms in total. The van der Waals surface area contributed by atoms with E-state index in [0.717, 1.165) is 12.7 Å². The lowest BCUT2D eigenvalue weighted by atomic mass is 9.78. The van der Waals surface area contributed by atoms with Gasteiger partial charge in [-0.25, -0.2) is 0 Å². The molecule has 0 spiro atoms. The van der Waals surface area contributed by atoms with Gasteiger partial charge in [0, 0.05) is 5.92 Å². The van der Waals surface area contributed by atoms with Crippen LogP contribution in [0.5, 0.6) is 0 Å². The van der Waals surface area contributed by atoms with Crippen molar-refractivity contribution in [3.63, 3.8) is 0 Å². The highest BCUT2D eigenvalue weighted by Crippen LogP contribution is 2.32. The number of hydrogen-bond acceptors (Lipinski definition) is 1. The molecule has 11 heavy (non-hydrogen) atoms. The molecule has 0 N–H and O–H groups in total. The largest absolute Gasteiger partial charge is 0.303 e. The third kappa shape index (κ3) is 1.92. The second kappa shape index (κ2) is 3.70. The second-order valence-corrected chi connectivity index (χ2v) is 3.51. The average molecular weight is 152 g/mol. The van der Waals surface area contributed by atoms with Gasteiger partial charge in [-0.15, -0.1) is 0 Å². The van der Waals surface area contributed by atoms with Gasteiger partial charge in [0.15, 0.2) is 0 Å². The number of allylic oxidation sites excluding steroid dienone is 1. The summed E-state index contributed by atoms with van der Waals surface area (Å²) in [5.41, 5.74) is 1.29. The Morgan fingerprint density at radius 1 is 1.64 bits per heavy atom. The van der Waals surface area contributed by atoms with Crippen molar-refractivity contribution >= 4 is 6.29 Å². The van der Waals surface area contributed by atoms with Crippen molar-refractivity contribution in [2.45, 2.75) is 32.6 Å². The van der Waals surface area contributed by atoms with Crippen LogP contribution in [0.2, 0.25) is 0 Å². The van der Waals surface area contributed by atoms with Crippen LogP contribution in [0.15, 0.2) is 12.2 Å². The fourth-order valence-corrected chi connectivity index (χ4v) is 1.84. The van der Waals surface area contributed by atoms with Gasteiger partial charge in [0.05, 0.1) is 0 Å². The van der Waals surface area contributed by atoms with E-state index in [1.54, 1.807) is 0 Å². The molecular weight excluding hydrogens is 136 g/mol. The molecule has 2 atom stereocenters.